The van der Waals surface area contributed by atoms with E-state index in [9.17, 15) is 21.6 Å². The van der Waals surface area contributed by atoms with E-state index in [2.05, 4.69) is 0 Å². The van der Waals surface area contributed by atoms with E-state index in [0.717, 1.165) is 12.1 Å². The highest BCUT2D eigenvalue weighted by atomic mass is 32.2. The Morgan fingerprint density at radius 3 is 2.32 bits per heavy atom. The summed E-state index contributed by atoms with van der Waals surface area (Å²) in [6.07, 6.45) is -4.90. The van der Waals surface area contributed by atoms with Gasteiger partial charge in [0, 0.05) is 12.6 Å². The molecule has 1 fully saturated rings. The molecule has 5 nitrogen and oxygen atoms in total. The van der Waals surface area contributed by atoms with Crippen molar-refractivity contribution >= 4 is 10.0 Å². The Balaban J connectivity index is 2.41. The monoisotopic (exact) mass is 333 g/mol. The first-order chi connectivity index (χ1) is 10.2. The molecule has 1 aliphatic heterocycles. The van der Waals surface area contributed by atoms with Gasteiger partial charge < -0.3 is 5.73 Å². The van der Waals surface area contributed by atoms with E-state index in [1.165, 1.54) is 12.1 Å². The largest absolute Gasteiger partial charge is 0.405 e. The van der Waals surface area contributed by atoms with Crippen LogP contribution < -0.4 is 5.73 Å². The Hall–Kier alpha value is -1.63. The predicted octanol–water partition coefficient (Wildman–Crippen LogP) is 1.60. The lowest BCUT2D eigenvalue weighted by molar-refractivity contribution is -0.178. The van der Waals surface area contributed by atoms with Crippen LogP contribution in [0.1, 0.15) is 18.4 Å². The van der Waals surface area contributed by atoms with Crippen LogP contribution in [-0.4, -0.2) is 37.5 Å². The van der Waals surface area contributed by atoms with E-state index >= 15 is 0 Å². The van der Waals surface area contributed by atoms with Crippen LogP contribution in [0.4, 0.5) is 13.2 Å². The van der Waals surface area contributed by atoms with Crippen LogP contribution in [0, 0.1) is 11.3 Å². The SMILES string of the molecule is N#Cc1ccc(S(=O)(=O)N2C[C@@H](N)CC[C@@H]2C(F)(F)F)cc1. The molecule has 0 radical (unpaired) electrons. The second-order valence-electron chi connectivity index (χ2n) is 5.11. The molecule has 0 spiro atoms. The summed E-state index contributed by atoms with van der Waals surface area (Å²) in [5.74, 6) is 0. The number of hydrogen-bond donors (Lipinski definition) is 1. The summed E-state index contributed by atoms with van der Waals surface area (Å²) < 4.78 is 64.7. The fourth-order valence-corrected chi connectivity index (χ4v) is 4.09. The number of halogens is 3. The standard InChI is InChI=1S/C13H14F3N3O2S/c14-13(15,16)12-6-3-10(18)8-19(12)22(20,21)11-4-1-9(7-17)2-5-11/h1-2,4-5,10,12H,3,6,8,18H2/t10-,12+/m0/s1. The van der Waals surface area contributed by atoms with Crippen molar-refractivity contribution in [2.45, 2.75) is 36.0 Å². The molecule has 0 bridgehead atoms. The van der Waals surface area contributed by atoms with Crippen LogP contribution in [0.25, 0.3) is 0 Å². The van der Waals surface area contributed by atoms with Gasteiger partial charge in [-0.3, -0.25) is 0 Å². The van der Waals surface area contributed by atoms with Crippen LogP contribution in [0.15, 0.2) is 29.2 Å². The van der Waals surface area contributed by atoms with E-state index in [4.69, 9.17) is 11.0 Å². The van der Waals surface area contributed by atoms with Crippen LogP contribution in [0.3, 0.4) is 0 Å². The second kappa shape index (κ2) is 5.87. The minimum absolute atomic E-state index is 0.115. The molecule has 0 saturated carbocycles. The number of alkyl halides is 3. The molecular weight excluding hydrogens is 319 g/mol. The molecule has 1 aliphatic rings. The molecule has 1 saturated heterocycles. The zero-order valence-corrected chi connectivity index (χ0v) is 12.2. The zero-order valence-electron chi connectivity index (χ0n) is 11.4. The molecule has 0 unspecified atom stereocenters. The van der Waals surface area contributed by atoms with Gasteiger partial charge in [-0.15, -0.1) is 0 Å². The van der Waals surface area contributed by atoms with Crippen LogP contribution >= 0.6 is 0 Å². The molecule has 2 atom stereocenters. The third-order valence-corrected chi connectivity index (χ3v) is 5.43. The quantitative estimate of drug-likeness (QED) is 0.890. The normalized spacial score (nSPS) is 24.0. The Morgan fingerprint density at radius 1 is 1.23 bits per heavy atom. The van der Waals surface area contributed by atoms with Crippen molar-refractivity contribution in [2.75, 3.05) is 6.54 Å². The van der Waals surface area contributed by atoms with E-state index < -0.39 is 28.3 Å². The van der Waals surface area contributed by atoms with Gasteiger partial charge >= 0.3 is 6.18 Å². The van der Waals surface area contributed by atoms with Gasteiger partial charge in [-0.25, -0.2) is 8.42 Å². The number of nitrogens with two attached hydrogens (primary N) is 1. The molecule has 1 aromatic rings. The minimum Gasteiger partial charge on any atom is -0.327 e. The second-order valence-corrected chi connectivity index (χ2v) is 7.00. The highest BCUT2D eigenvalue weighted by molar-refractivity contribution is 7.89. The maximum absolute atomic E-state index is 13.1. The Morgan fingerprint density at radius 2 is 1.82 bits per heavy atom. The van der Waals surface area contributed by atoms with Crippen LogP contribution in [0.5, 0.6) is 0 Å². The molecule has 22 heavy (non-hydrogen) atoms. The molecule has 2 N–H and O–H groups in total. The highest BCUT2D eigenvalue weighted by Gasteiger charge is 2.50. The lowest BCUT2D eigenvalue weighted by atomic mass is 10.0. The van der Waals surface area contributed by atoms with Gasteiger partial charge in [0.25, 0.3) is 0 Å². The number of nitrogens with zero attached hydrogens (tertiary/aromatic N) is 2. The molecule has 1 aromatic carbocycles. The summed E-state index contributed by atoms with van der Waals surface area (Å²) in [4.78, 5) is -0.283. The van der Waals surface area contributed by atoms with Crippen molar-refractivity contribution in [1.82, 2.24) is 4.31 Å². The first-order valence-electron chi connectivity index (χ1n) is 6.50. The fraction of sp³-hybridized carbons (Fsp3) is 0.462. The summed E-state index contributed by atoms with van der Waals surface area (Å²) in [6, 6.07) is 3.86. The number of benzene rings is 1. The van der Waals surface area contributed by atoms with Gasteiger partial charge in [-0.05, 0) is 37.1 Å². The lowest BCUT2D eigenvalue weighted by Gasteiger charge is -2.38. The molecule has 120 valence electrons. The predicted molar refractivity (Wildman–Crippen MR) is 72.1 cm³/mol. The van der Waals surface area contributed by atoms with E-state index in [1.54, 1.807) is 0 Å². The first-order valence-corrected chi connectivity index (χ1v) is 7.94. The maximum atomic E-state index is 13.1. The van der Waals surface area contributed by atoms with Crippen molar-refractivity contribution in [3.8, 4) is 6.07 Å². The highest BCUT2D eigenvalue weighted by Crippen LogP contribution is 2.35. The zero-order chi connectivity index (χ0) is 16.5. The molecule has 0 amide bonds. The summed E-state index contributed by atoms with van der Waals surface area (Å²) >= 11 is 0. The minimum atomic E-state index is -4.65. The average molecular weight is 333 g/mol. The summed E-state index contributed by atoms with van der Waals surface area (Å²) in [6.45, 7) is -0.382. The van der Waals surface area contributed by atoms with E-state index in [-0.39, 0.29) is 29.8 Å². The van der Waals surface area contributed by atoms with Gasteiger partial charge in [0.15, 0.2) is 0 Å². The van der Waals surface area contributed by atoms with Crippen molar-refractivity contribution in [3.63, 3.8) is 0 Å². The molecule has 0 aliphatic carbocycles. The maximum Gasteiger partial charge on any atom is 0.405 e. The van der Waals surface area contributed by atoms with Crippen LogP contribution in [0.2, 0.25) is 0 Å². The Labute approximate surface area is 126 Å². The van der Waals surface area contributed by atoms with Gasteiger partial charge in [-0.1, -0.05) is 0 Å². The molecular formula is C13H14F3N3O2S. The summed E-state index contributed by atoms with van der Waals surface area (Å²) in [5.41, 5.74) is 5.86. The Bertz CT molecular complexity index is 680. The smallest absolute Gasteiger partial charge is 0.327 e. The molecule has 1 heterocycles. The van der Waals surface area contributed by atoms with Gasteiger partial charge in [-0.2, -0.15) is 22.7 Å². The van der Waals surface area contributed by atoms with Gasteiger partial charge in [0.1, 0.15) is 6.04 Å². The molecule has 9 heteroatoms. The number of piperidine rings is 1. The fourth-order valence-electron chi connectivity index (χ4n) is 2.40. The molecule has 0 aromatic heterocycles. The van der Waals surface area contributed by atoms with Crippen molar-refractivity contribution in [3.05, 3.63) is 29.8 Å². The summed E-state index contributed by atoms with van der Waals surface area (Å²) in [7, 11) is -4.33. The third kappa shape index (κ3) is 3.24. The number of rotatable bonds is 2. The number of sulfonamides is 1. The third-order valence-electron chi connectivity index (χ3n) is 3.54. The van der Waals surface area contributed by atoms with Crippen molar-refractivity contribution < 1.29 is 21.6 Å². The lowest BCUT2D eigenvalue weighted by Crippen LogP contribution is -2.56. The average Bonchev–Trinajstić information content (AvgIpc) is 2.46. The summed E-state index contributed by atoms with van der Waals surface area (Å²) in [5, 5.41) is 8.69. The van der Waals surface area contributed by atoms with E-state index in [1.807, 2.05) is 6.07 Å². The Kier molecular flexibility index (Phi) is 4.47. The van der Waals surface area contributed by atoms with Crippen LogP contribution in [-0.2, 0) is 10.0 Å². The molecule has 2 rings (SSSR count). The first kappa shape index (κ1) is 16.7. The topological polar surface area (TPSA) is 87.2 Å². The van der Waals surface area contributed by atoms with Gasteiger partial charge in [0.05, 0.1) is 16.5 Å². The number of hydrogen-bond acceptors (Lipinski definition) is 4. The van der Waals surface area contributed by atoms with Crippen molar-refractivity contribution in [1.29, 1.82) is 5.26 Å². The number of nitriles is 1. The van der Waals surface area contributed by atoms with E-state index in [0.29, 0.717) is 4.31 Å². The van der Waals surface area contributed by atoms with Gasteiger partial charge in [0.2, 0.25) is 10.0 Å². The van der Waals surface area contributed by atoms with Crippen molar-refractivity contribution in [2.24, 2.45) is 5.73 Å².